The number of aryl methyl sites for hydroxylation is 1. The van der Waals surface area contributed by atoms with Gasteiger partial charge in [0.15, 0.2) is 0 Å². The molecule has 3 aromatic heterocycles. The van der Waals surface area contributed by atoms with Crippen molar-refractivity contribution in [3.63, 3.8) is 0 Å². The molecule has 1 atom stereocenters. The van der Waals surface area contributed by atoms with E-state index in [1.54, 1.807) is 10.7 Å². The van der Waals surface area contributed by atoms with Gasteiger partial charge in [-0.25, -0.2) is 9.20 Å². The minimum Gasteiger partial charge on any atom is -0.314 e. The molecule has 6 nitrogen and oxygen atoms in total. The smallest absolute Gasteiger partial charge is 0.266 e. The monoisotopic (exact) mass is 399 g/mol. The number of hydrogen-bond acceptors (Lipinski definition) is 4. The maximum Gasteiger partial charge on any atom is 0.266 e. The molecule has 5 rings (SSSR count). The largest absolute Gasteiger partial charge is 0.314 e. The third-order valence-corrected chi connectivity index (χ3v) is 5.81. The standard InChI is InChI=1S/C24H25N5O/c30-22-13-12-20(26-29(22)17-14-19-10-4-6-15-25-19)23-21-11-5-7-16-28(21)27-24(23)18-8-2-1-3-9-18/h1-3,5,7-9,11-13,16,19,25H,4,6,10,14-15,17H2. The Hall–Kier alpha value is -3.25. The summed E-state index contributed by atoms with van der Waals surface area (Å²) < 4.78 is 3.48. The van der Waals surface area contributed by atoms with Crippen LogP contribution in [0.1, 0.15) is 25.7 Å². The molecule has 1 aliphatic heterocycles. The molecule has 1 fully saturated rings. The molecular weight excluding hydrogens is 374 g/mol. The van der Waals surface area contributed by atoms with Gasteiger partial charge in [0.05, 0.1) is 16.8 Å². The SMILES string of the molecule is O=c1ccc(-c2c(-c3ccccc3)nn3ccccc23)nn1CCC1CCCCN1. The van der Waals surface area contributed by atoms with Crippen LogP contribution >= 0.6 is 0 Å². The molecule has 1 aromatic carbocycles. The molecule has 0 spiro atoms. The van der Waals surface area contributed by atoms with Crippen LogP contribution in [0.5, 0.6) is 0 Å². The van der Waals surface area contributed by atoms with Gasteiger partial charge in [-0.05, 0) is 44.0 Å². The summed E-state index contributed by atoms with van der Waals surface area (Å²) in [4.78, 5) is 12.5. The second-order valence-electron chi connectivity index (χ2n) is 7.84. The predicted octanol–water partition coefficient (Wildman–Crippen LogP) is 3.76. The minimum absolute atomic E-state index is 0.0627. The molecule has 4 aromatic rings. The van der Waals surface area contributed by atoms with Crippen molar-refractivity contribution in [3.8, 4) is 22.5 Å². The van der Waals surface area contributed by atoms with Crippen molar-refractivity contribution in [3.05, 3.63) is 77.2 Å². The van der Waals surface area contributed by atoms with Crippen molar-refractivity contribution in [2.24, 2.45) is 0 Å². The molecule has 0 aliphatic carbocycles. The maximum atomic E-state index is 12.5. The van der Waals surface area contributed by atoms with Crippen LogP contribution in [-0.4, -0.2) is 32.0 Å². The topological polar surface area (TPSA) is 64.2 Å². The van der Waals surface area contributed by atoms with E-state index in [-0.39, 0.29) is 5.56 Å². The summed E-state index contributed by atoms with van der Waals surface area (Å²) in [5.41, 5.74) is 4.53. The lowest BCUT2D eigenvalue weighted by molar-refractivity contribution is 0.357. The second-order valence-corrected chi connectivity index (χ2v) is 7.84. The fourth-order valence-corrected chi connectivity index (χ4v) is 4.24. The van der Waals surface area contributed by atoms with Crippen LogP contribution < -0.4 is 10.9 Å². The number of rotatable bonds is 5. The zero-order chi connectivity index (χ0) is 20.3. The normalized spacial score (nSPS) is 16.7. The summed E-state index contributed by atoms with van der Waals surface area (Å²) in [5.74, 6) is 0. The van der Waals surface area contributed by atoms with E-state index in [1.807, 2.05) is 53.2 Å². The van der Waals surface area contributed by atoms with Gasteiger partial charge in [-0.1, -0.05) is 42.8 Å². The minimum atomic E-state index is -0.0627. The predicted molar refractivity (Wildman–Crippen MR) is 118 cm³/mol. The number of aromatic nitrogens is 4. The molecular formula is C24H25N5O. The summed E-state index contributed by atoms with van der Waals surface area (Å²) >= 11 is 0. The molecule has 0 bridgehead atoms. The Kier molecular flexibility index (Phi) is 5.15. The van der Waals surface area contributed by atoms with E-state index in [2.05, 4.69) is 17.4 Å². The van der Waals surface area contributed by atoms with Gasteiger partial charge in [-0.15, -0.1) is 0 Å². The summed E-state index contributed by atoms with van der Waals surface area (Å²) in [6.45, 7) is 1.68. The lowest BCUT2D eigenvalue weighted by Gasteiger charge is -2.23. The number of piperidine rings is 1. The van der Waals surface area contributed by atoms with Gasteiger partial charge in [0.1, 0.15) is 5.69 Å². The number of nitrogens with one attached hydrogen (secondary N) is 1. The highest BCUT2D eigenvalue weighted by molar-refractivity contribution is 5.90. The van der Waals surface area contributed by atoms with E-state index in [0.717, 1.165) is 41.0 Å². The first-order valence-corrected chi connectivity index (χ1v) is 10.6. The Morgan fingerprint density at radius 2 is 1.83 bits per heavy atom. The van der Waals surface area contributed by atoms with Gasteiger partial charge in [0, 0.05) is 30.4 Å². The van der Waals surface area contributed by atoms with Crippen molar-refractivity contribution >= 4 is 5.52 Å². The van der Waals surface area contributed by atoms with Gasteiger partial charge in [0.25, 0.3) is 5.56 Å². The zero-order valence-corrected chi connectivity index (χ0v) is 16.9. The van der Waals surface area contributed by atoms with Gasteiger partial charge in [-0.2, -0.15) is 10.2 Å². The lowest BCUT2D eigenvalue weighted by Crippen LogP contribution is -2.36. The third-order valence-electron chi connectivity index (χ3n) is 5.81. The highest BCUT2D eigenvalue weighted by Crippen LogP contribution is 2.33. The van der Waals surface area contributed by atoms with Crippen molar-refractivity contribution < 1.29 is 0 Å². The van der Waals surface area contributed by atoms with E-state index in [4.69, 9.17) is 10.2 Å². The van der Waals surface area contributed by atoms with Gasteiger partial charge >= 0.3 is 0 Å². The summed E-state index contributed by atoms with van der Waals surface area (Å²) in [6.07, 6.45) is 6.51. The van der Waals surface area contributed by atoms with Crippen LogP contribution in [0.25, 0.3) is 28.0 Å². The molecule has 0 radical (unpaired) electrons. The zero-order valence-electron chi connectivity index (χ0n) is 16.9. The van der Waals surface area contributed by atoms with Crippen LogP contribution in [0.15, 0.2) is 71.7 Å². The van der Waals surface area contributed by atoms with Crippen LogP contribution in [0.3, 0.4) is 0 Å². The Bertz CT molecular complexity index is 1210. The first-order chi connectivity index (χ1) is 14.8. The molecule has 1 saturated heterocycles. The number of benzene rings is 1. The first-order valence-electron chi connectivity index (χ1n) is 10.6. The van der Waals surface area contributed by atoms with Crippen LogP contribution in [0.4, 0.5) is 0 Å². The average Bonchev–Trinajstić information content (AvgIpc) is 3.19. The molecule has 1 N–H and O–H groups in total. The van der Waals surface area contributed by atoms with E-state index < -0.39 is 0 Å². The Balaban J connectivity index is 1.56. The maximum absolute atomic E-state index is 12.5. The molecule has 1 aliphatic rings. The van der Waals surface area contributed by atoms with Gasteiger partial charge < -0.3 is 5.32 Å². The second kappa shape index (κ2) is 8.24. The quantitative estimate of drug-likeness (QED) is 0.555. The highest BCUT2D eigenvalue weighted by Gasteiger charge is 2.19. The van der Waals surface area contributed by atoms with Crippen molar-refractivity contribution in [1.82, 2.24) is 24.7 Å². The lowest BCUT2D eigenvalue weighted by atomic mass is 10.0. The Morgan fingerprint density at radius 3 is 2.67 bits per heavy atom. The van der Waals surface area contributed by atoms with Crippen LogP contribution in [-0.2, 0) is 6.54 Å². The summed E-state index contributed by atoms with van der Waals surface area (Å²) in [7, 11) is 0. The Morgan fingerprint density at radius 1 is 0.967 bits per heavy atom. The van der Waals surface area contributed by atoms with Crippen LogP contribution in [0, 0.1) is 0 Å². The molecule has 0 saturated carbocycles. The fraction of sp³-hybridized carbons (Fsp3) is 0.292. The van der Waals surface area contributed by atoms with E-state index >= 15 is 0 Å². The third kappa shape index (κ3) is 3.66. The number of fused-ring (bicyclic) bond motifs is 1. The molecule has 6 heteroatoms. The molecule has 1 unspecified atom stereocenters. The van der Waals surface area contributed by atoms with E-state index in [9.17, 15) is 4.79 Å². The van der Waals surface area contributed by atoms with E-state index in [0.29, 0.717) is 12.6 Å². The van der Waals surface area contributed by atoms with Crippen molar-refractivity contribution in [2.75, 3.05) is 6.54 Å². The molecule has 30 heavy (non-hydrogen) atoms. The average molecular weight is 399 g/mol. The summed E-state index contributed by atoms with van der Waals surface area (Å²) in [6, 6.07) is 20.0. The van der Waals surface area contributed by atoms with Gasteiger partial charge in [-0.3, -0.25) is 4.79 Å². The fourth-order valence-electron chi connectivity index (χ4n) is 4.24. The van der Waals surface area contributed by atoms with Crippen molar-refractivity contribution in [2.45, 2.75) is 38.3 Å². The molecule has 152 valence electrons. The van der Waals surface area contributed by atoms with Gasteiger partial charge in [0.2, 0.25) is 0 Å². The van der Waals surface area contributed by atoms with Crippen LogP contribution in [0.2, 0.25) is 0 Å². The Labute approximate surface area is 175 Å². The van der Waals surface area contributed by atoms with Crippen molar-refractivity contribution in [1.29, 1.82) is 0 Å². The number of pyridine rings is 1. The van der Waals surface area contributed by atoms with E-state index in [1.165, 1.54) is 19.3 Å². The number of nitrogens with zero attached hydrogens (tertiary/aromatic N) is 4. The molecule has 0 amide bonds. The molecule has 4 heterocycles. The first kappa shape index (κ1) is 18.8. The summed E-state index contributed by atoms with van der Waals surface area (Å²) in [5, 5.41) is 13.1. The number of hydrogen-bond donors (Lipinski definition) is 1. The highest BCUT2D eigenvalue weighted by atomic mass is 16.1.